The van der Waals surface area contributed by atoms with Crippen molar-refractivity contribution >= 4 is 5.96 Å². The molecule has 2 unspecified atom stereocenters. The first kappa shape index (κ1) is 21.4. The molecule has 0 aliphatic carbocycles. The van der Waals surface area contributed by atoms with E-state index in [1.54, 1.807) is 7.11 Å². The van der Waals surface area contributed by atoms with Crippen molar-refractivity contribution in [3.05, 3.63) is 29.8 Å². The minimum Gasteiger partial charge on any atom is -0.497 e. The Labute approximate surface area is 181 Å². The van der Waals surface area contributed by atoms with Gasteiger partial charge in [-0.2, -0.15) is 0 Å². The topological polar surface area (TPSA) is 49.3 Å². The largest absolute Gasteiger partial charge is 0.497 e. The van der Waals surface area contributed by atoms with E-state index in [9.17, 15) is 0 Å². The molecule has 6 heteroatoms. The Balaban J connectivity index is 1.51. The van der Waals surface area contributed by atoms with Gasteiger partial charge in [-0.05, 0) is 63.4 Å². The summed E-state index contributed by atoms with van der Waals surface area (Å²) in [6.07, 6.45) is 6.31. The van der Waals surface area contributed by atoms with Crippen molar-refractivity contribution < 1.29 is 9.47 Å². The number of ether oxygens (including phenoxy) is 2. The van der Waals surface area contributed by atoms with Gasteiger partial charge in [0.2, 0.25) is 0 Å². The fourth-order valence-corrected chi connectivity index (χ4v) is 5.17. The Bertz CT molecular complexity index is 694. The highest BCUT2D eigenvalue weighted by Gasteiger charge is 2.42. The van der Waals surface area contributed by atoms with Crippen LogP contribution in [0, 0.1) is 5.41 Å². The van der Waals surface area contributed by atoms with Crippen molar-refractivity contribution in [3.8, 4) is 5.75 Å². The van der Waals surface area contributed by atoms with E-state index in [4.69, 9.17) is 14.5 Å². The minimum atomic E-state index is 0.316. The molecule has 0 radical (unpaired) electrons. The number of rotatable bonds is 6. The van der Waals surface area contributed by atoms with Crippen LogP contribution in [0.1, 0.15) is 50.6 Å². The van der Waals surface area contributed by atoms with E-state index in [1.807, 2.05) is 0 Å². The van der Waals surface area contributed by atoms with Crippen LogP contribution in [0.15, 0.2) is 29.3 Å². The van der Waals surface area contributed by atoms with Gasteiger partial charge in [0.1, 0.15) is 5.75 Å². The lowest BCUT2D eigenvalue weighted by molar-refractivity contribution is 0.156. The van der Waals surface area contributed by atoms with Crippen molar-refractivity contribution in [2.75, 3.05) is 59.6 Å². The van der Waals surface area contributed by atoms with Crippen LogP contribution >= 0.6 is 0 Å². The predicted molar refractivity (Wildman–Crippen MR) is 121 cm³/mol. The number of hydrogen-bond donors (Lipinski definition) is 1. The Morgan fingerprint density at radius 1 is 1.17 bits per heavy atom. The molecule has 2 atom stereocenters. The van der Waals surface area contributed by atoms with Crippen molar-refractivity contribution in [1.82, 2.24) is 15.1 Å². The minimum absolute atomic E-state index is 0.316. The molecule has 3 heterocycles. The maximum Gasteiger partial charge on any atom is 0.194 e. The smallest absolute Gasteiger partial charge is 0.194 e. The van der Waals surface area contributed by atoms with Crippen LogP contribution in [-0.2, 0) is 4.74 Å². The second-order valence-electron chi connectivity index (χ2n) is 9.05. The van der Waals surface area contributed by atoms with Gasteiger partial charge in [0, 0.05) is 31.7 Å². The molecule has 0 amide bonds. The lowest BCUT2D eigenvalue weighted by atomic mass is 9.87. The highest BCUT2D eigenvalue weighted by atomic mass is 16.5. The zero-order valence-corrected chi connectivity index (χ0v) is 18.7. The number of aliphatic imine (C=N–C) groups is 1. The third-order valence-electron chi connectivity index (χ3n) is 7.00. The Morgan fingerprint density at radius 2 is 1.97 bits per heavy atom. The third-order valence-corrected chi connectivity index (χ3v) is 7.00. The fourth-order valence-electron chi connectivity index (χ4n) is 5.17. The number of likely N-dealkylation sites (tertiary alicyclic amines) is 2. The van der Waals surface area contributed by atoms with Gasteiger partial charge in [0.15, 0.2) is 5.96 Å². The molecule has 0 aromatic heterocycles. The monoisotopic (exact) mass is 414 g/mol. The van der Waals surface area contributed by atoms with Crippen LogP contribution in [-0.4, -0.2) is 75.4 Å². The van der Waals surface area contributed by atoms with Crippen molar-refractivity contribution in [1.29, 1.82) is 0 Å². The number of piperidine rings is 1. The zero-order chi connectivity index (χ0) is 20.8. The molecule has 3 aliphatic heterocycles. The van der Waals surface area contributed by atoms with E-state index in [2.05, 4.69) is 46.3 Å². The number of nitrogens with zero attached hydrogens (tertiary/aromatic N) is 3. The van der Waals surface area contributed by atoms with Gasteiger partial charge < -0.3 is 19.7 Å². The molecule has 166 valence electrons. The molecule has 3 fully saturated rings. The molecule has 1 aromatic carbocycles. The van der Waals surface area contributed by atoms with E-state index in [1.165, 1.54) is 37.7 Å². The zero-order valence-electron chi connectivity index (χ0n) is 18.7. The normalized spacial score (nSPS) is 26.3. The first-order valence-electron chi connectivity index (χ1n) is 11.7. The molecule has 1 aromatic rings. The van der Waals surface area contributed by atoms with Gasteiger partial charge in [-0.15, -0.1) is 0 Å². The summed E-state index contributed by atoms with van der Waals surface area (Å²) in [4.78, 5) is 10.2. The van der Waals surface area contributed by atoms with E-state index in [0.717, 1.165) is 64.2 Å². The SMILES string of the molecule is CCNC(=NCC(c1ccc(OC)cc1)N1CCCCC1)N1CCC2(CCOC2)C1. The number of nitrogens with one attached hydrogen (secondary N) is 1. The second kappa shape index (κ2) is 10.0. The molecule has 3 aliphatic rings. The molecule has 1 spiro atoms. The predicted octanol–water partition coefficient (Wildman–Crippen LogP) is 3.30. The maximum absolute atomic E-state index is 5.72. The molecule has 0 bridgehead atoms. The summed E-state index contributed by atoms with van der Waals surface area (Å²) in [5, 5.41) is 3.56. The Morgan fingerprint density at radius 3 is 2.63 bits per heavy atom. The number of methoxy groups -OCH3 is 1. The van der Waals surface area contributed by atoms with Crippen LogP contribution in [0.5, 0.6) is 5.75 Å². The van der Waals surface area contributed by atoms with Gasteiger partial charge in [-0.3, -0.25) is 9.89 Å². The highest BCUT2D eigenvalue weighted by Crippen LogP contribution is 2.38. The van der Waals surface area contributed by atoms with E-state index in [-0.39, 0.29) is 0 Å². The van der Waals surface area contributed by atoms with Gasteiger partial charge >= 0.3 is 0 Å². The summed E-state index contributed by atoms with van der Waals surface area (Å²) >= 11 is 0. The summed E-state index contributed by atoms with van der Waals surface area (Å²) in [7, 11) is 1.72. The summed E-state index contributed by atoms with van der Waals surface area (Å²) in [6.45, 7) is 10.1. The van der Waals surface area contributed by atoms with Crippen molar-refractivity contribution in [3.63, 3.8) is 0 Å². The van der Waals surface area contributed by atoms with E-state index < -0.39 is 0 Å². The second-order valence-corrected chi connectivity index (χ2v) is 9.05. The summed E-state index contributed by atoms with van der Waals surface area (Å²) < 4.78 is 11.1. The van der Waals surface area contributed by atoms with Crippen LogP contribution in [0.25, 0.3) is 0 Å². The average Bonchev–Trinajstić information content (AvgIpc) is 3.44. The molecule has 4 rings (SSSR count). The van der Waals surface area contributed by atoms with E-state index >= 15 is 0 Å². The lowest BCUT2D eigenvalue weighted by Crippen LogP contribution is -2.42. The first-order chi connectivity index (χ1) is 14.7. The maximum atomic E-state index is 5.72. The third kappa shape index (κ3) is 4.92. The summed E-state index contributed by atoms with van der Waals surface area (Å²) in [5.74, 6) is 1.98. The van der Waals surface area contributed by atoms with Crippen LogP contribution in [0.3, 0.4) is 0 Å². The molecule has 30 heavy (non-hydrogen) atoms. The van der Waals surface area contributed by atoms with Gasteiger partial charge in [-0.25, -0.2) is 0 Å². The number of guanidine groups is 1. The van der Waals surface area contributed by atoms with Gasteiger partial charge in [0.05, 0.1) is 26.3 Å². The number of benzene rings is 1. The van der Waals surface area contributed by atoms with Crippen LogP contribution in [0.2, 0.25) is 0 Å². The highest BCUT2D eigenvalue weighted by molar-refractivity contribution is 5.80. The molecule has 1 N–H and O–H groups in total. The Kier molecular flexibility index (Phi) is 7.16. The van der Waals surface area contributed by atoms with E-state index in [0.29, 0.717) is 11.5 Å². The van der Waals surface area contributed by atoms with Crippen molar-refractivity contribution in [2.45, 2.75) is 45.1 Å². The molecule has 0 saturated carbocycles. The molecular formula is C24H38N4O2. The average molecular weight is 415 g/mol. The van der Waals surface area contributed by atoms with Gasteiger partial charge in [-0.1, -0.05) is 18.6 Å². The first-order valence-corrected chi connectivity index (χ1v) is 11.7. The molecular weight excluding hydrogens is 376 g/mol. The lowest BCUT2D eigenvalue weighted by Gasteiger charge is -2.34. The molecule has 6 nitrogen and oxygen atoms in total. The van der Waals surface area contributed by atoms with Crippen LogP contribution < -0.4 is 10.1 Å². The number of hydrogen-bond acceptors (Lipinski definition) is 4. The summed E-state index contributed by atoms with van der Waals surface area (Å²) in [5.41, 5.74) is 1.68. The summed E-state index contributed by atoms with van der Waals surface area (Å²) in [6, 6.07) is 8.88. The van der Waals surface area contributed by atoms with Crippen molar-refractivity contribution in [2.24, 2.45) is 10.4 Å². The van der Waals surface area contributed by atoms with Crippen LogP contribution in [0.4, 0.5) is 0 Å². The Hall–Kier alpha value is -1.79. The molecule has 3 saturated heterocycles. The van der Waals surface area contributed by atoms with Gasteiger partial charge in [0.25, 0.3) is 0 Å². The standard InChI is InChI=1S/C24H38N4O2/c1-3-25-23(28-15-11-24(18-28)12-16-30-19-24)26-17-22(27-13-5-4-6-14-27)20-7-9-21(29-2)10-8-20/h7-10,22H,3-6,11-19H2,1-2H3,(H,25,26). The fraction of sp³-hybridized carbons (Fsp3) is 0.708. The quantitative estimate of drug-likeness (QED) is 0.572.